The molecule has 0 bridgehead atoms. The molecule has 2 aliphatic heterocycles. The van der Waals surface area contributed by atoms with Gasteiger partial charge in [0.05, 0.1) is 6.10 Å². The number of aliphatic hydroxyl groups excluding tert-OH is 1. The van der Waals surface area contributed by atoms with Crippen LogP contribution in [0.1, 0.15) is 31.4 Å². The van der Waals surface area contributed by atoms with Gasteiger partial charge in [0.25, 0.3) is 0 Å². The van der Waals surface area contributed by atoms with Crippen molar-refractivity contribution in [2.24, 2.45) is 0 Å². The van der Waals surface area contributed by atoms with Crippen molar-refractivity contribution in [1.29, 1.82) is 0 Å². The van der Waals surface area contributed by atoms with Crippen LogP contribution in [0.5, 0.6) is 0 Å². The summed E-state index contributed by atoms with van der Waals surface area (Å²) in [6.07, 6.45) is 5.55. The zero-order valence-electron chi connectivity index (χ0n) is 13.5. The Morgan fingerprint density at radius 2 is 2.18 bits per heavy atom. The molecule has 122 valence electrons. The Balaban J connectivity index is 1.71. The van der Waals surface area contributed by atoms with E-state index in [1.54, 1.807) is 0 Å². The Kier molecular flexibility index (Phi) is 5.41. The average molecular weight is 304 g/mol. The predicted molar refractivity (Wildman–Crippen MR) is 87.7 cm³/mol. The maximum absolute atomic E-state index is 9.71. The highest BCUT2D eigenvalue weighted by Gasteiger charge is 2.28. The van der Waals surface area contributed by atoms with E-state index in [1.165, 1.54) is 5.56 Å². The lowest BCUT2D eigenvalue weighted by molar-refractivity contribution is 0.0552. The molecule has 2 unspecified atom stereocenters. The molecule has 1 aromatic rings. The number of piperidine rings is 1. The number of piperazine rings is 1. The second-order valence-electron chi connectivity index (χ2n) is 6.68. The van der Waals surface area contributed by atoms with E-state index >= 15 is 0 Å². The molecule has 0 saturated carbocycles. The van der Waals surface area contributed by atoms with Crippen LogP contribution in [0.25, 0.3) is 0 Å². The average Bonchev–Trinajstić information content (AvgIpc) is 2.55. The second kappa shape index (κ2) is 7.51. The summed E-state index contributed by atoms with van der Waals surface area (Å²) >= 11 is 0. The lowest BCUT2D eigenvalue weighted by Crippen LogP contribution is -2.52. The van der Waals surface area contributed by atoms with E-state index in [-0.39, 0.29) is 6.10 Å². The van der Waals surface area contributed by atoms with Crippen LogP contribution in [-0.4, -0.2) is 71.3 Å². The van der Waals surface area contributed by atoms with Crippen LogP contribution in [0.2, 0.25) is 0 Å². The van der Waals surface area contributed by atoms with Crippen LogP contribution < -0.4 is 5.32 Å². The Morgan fingerprint density at radius 3 is 2.86 bits per heavy atom. The van der Waals surface area contributed by atoms with Gasteiger partial charge in [-0.3, -0.25) is 9.88 Å². The molecule has 22 heavy (non-hydrogen) atoms. The van der Waals surface area contributed by atoms with Crippen molar-refractivity contribution in [3.8, 4) is 0 Å². The first kappa shape index (κ1) is 15.9. The number of nitrogens with one attached hydrogen (secondary N) is 1. The van der Waals surface area contributed by atoms with E-state index in [0.29, 0.717) is 12.1 Å². The topological polar surface area (TPSA) is 51.6 Å². The molecular weight excluding hydrogens is 276 g/mol. The quantitative estimate of drug-likeness (QED) is 0.865. The van der Waals surface area contributed by atoms with Gasteiger partial charge in [-0.2, -0.15) is 0 Å². The molecule has 2 saturated heterocycles. The highest BCUT2D eigenvalue weighted by molar-refractivity contribution is 5.15. The molecule has 0 aliphatic carbocycles. The van der Waals surface area contributed by atoms with Gasteiger partial charge in [0.2, 0.25) is 0 Å². The standard InChI is InChI=1S/C17H28N4O/c1-14-12-21(10-7-19-14)17(15-3-2-6-18-11-15)13-20-8-4-16(22)5-9-20/h2-3,6,11,14,16-17,19,22H,4-5,7-10,12-13H2,1H3. The molecule has 2 aliphatic rings. The Bertz CT molecular complexity index is 447. The molecule has 2 atom stereocenters. The molecule has 5 heteroatoms. The van der Waals surface area contributed by atoms with Crippen LogP contribution in [0, 0.1) is 0 Å². The van der Waals surface area contributed by atoms with Crippen molar-refractivity contribution in [3.05, 3.63) is 30.1 Å². The summed E-state index contributed by atoms with van der Waals surface area (Å²) in [5.41, 5.74) is 1.31. The van der Waals surface area contributed by atoms with Gasteiger partial charge >= 0.3 is 0 Å². The minimum atomic E-state index is -0.104. The Hall–Kier alpha value is -1.01. The number of pyridine rings is 1. The fraction of sp³-hybridized carbons (Fsp3) is 0.706. The maximum atomic E-state index is 9.71. The van der Waals surface area contributed by atoms with Crippen molar-refractivity contribution in [2.45, 2.75) is 38.0 Å². The van der Waals surface area contributed by atoms with Crippen LogP contribution in [-0.2, 0) is 0 Å². The summed E-state index contributed by atoms with van der Waals surface area (Å²) in [5, 5.41) is 13.2. The highest BCUT2D eigenvalue weighted by Crippen LogP contribution is 2.24. The molecule has 3 heterocycles. The van der Waals surface area contributed by atoms with Crippen molar-refractivity contribution in [1.82, 2.24) is 20.1 Å². The van der Waals surface area contributed by atoms with Gasteiger partial charge in [0.1, 0.15) is 0 Å². The summed E-state index contributed by atoms with van der Waals surface area (Å²) < 4.78 is 0. The first-order chi connectivity index (χ1) is 10.7. The molecule has 2 N–H and O–H groups in total. The summed E-state index contributed by atoms with van der Waals surface area (Å²) in [6.45, 7) is 8.50. The number of aromatic nitrogens is 1. The lowest BCUT2D eigenvalue weighted by Gasteiger charge is -2.41. The van der Waals surface area contributed by atoms with Crippen molar-refractivity contribution in [2.75, 3.05) is 39.3 Å². The normalized spacial score (nSPS) is 26.9. The summed E-state index contributed by atoms with van der Waals surface area (Å²) in [4.78, 5) is 9.41. The lowest BCUT2D eigenvalue weighted by atomic mass is 10.0. The molecular formula is C17H28N4O. The van der Waals surface area contributed by atoms with E-state index in [1.807, 2.05) is 18.5 Å². The molecule has 1 aromatic heterocycles. The molecule has 0 amide bonds. The van der Waals surface area contributed by atoms with Crippen LogP contribution in [0.3, 0.4) is 0 Å². The first-order valence-electron chi connectivity index (χ1n) is 8.50. The number of rotatable bonds is 4. The molecule has 0 spiro atoms. The smallest absolute Gasteiger partial charge is 0.0564 e. The molecule has 3 rings (SSSR count). The number of nitrogens with zero attached hydrogens (tertiary/aromatic N) is 3. The highest BCUT2D eigenvalue weighted by atomic mass is 16.3. The maximum Gasteiger partial charge on any atom is 0.0564 e. The third-order valence-electron chi connectivity index (χ3n) is 4.90. The minimum Gasteiger partial charge on any atom is -0.393 e. The Labute approximate surface area is 133 Å². The minimum absolute atomic E-state index is 0.104. The van der Waals surface area contributed by atoms with Gasteiger partial charge in [-0.1, -0.05) is 6.07 Å². The number of hydrogen-bond acceptors (Lipinski definition) is 5. The van der Waals surface area contributed by atoms with E-state index < -0.39 is 0 Å². The van der Waals surface area contributed by atoms with Crippen LogP contribution in [0.4, 0.5) is 0 Å². The zero-order chi connectivity index (χ0) is 15.4. The summed E-state index contributed by atoms with van der Waals surface area (Å²) in [5.74, 6) is 0. The van der Waals surface area contributed by atoms with Gasteiger partial charge in [0, 0.05) is 63.7 Å². The Morgan fingerprint density at radius 1 is 1.36 bits per heavy atom. The SMILES string of the molecule is CC1CN(C(CN2CCC(O)CC2)c2cccnc2)CCN1. The molecule has 0 aromatic carbocycles. The van der Waals surface area contributed by atoms with E-state index in [9.17, 15) is 5.11 Å². The third kappa shape index (κ3) is 4.04. The molecule has 5 nitrogen and oxygen atoms in total. The number of hydrogen-bond donors (Lipinski definition) is 2. The zero-order valence-corrected chi connectivity index (χ0v) is 13.5. The van der Waals surface area contributed by atoms with Gasteiger partial charge in [-0.15, -0.1) is 0 Å². The second-order valence-corrected chi connectivity index (χ2v) is 6.68. The van der Waals surface area contributed by atoms with Gasteiger partial charge in [-0.25, -0.2) is 0 Å². The molecule has 0 radical (unpaired) electrons. The predicted octanol–water partition coefficient (Wildman–Crippen LogP) is 0.873. The van der Waals surface area contributed by atoms with Crippen molar-refractivity contribution >= 4 is 0 Å². The van der Waals surface area contributed by atoms with E-state index in [2.05, 4.69) is 33.1 Å². The van der Waals surface area contributed by atoms with Gasteiger partial charge in [-0.05, 0) is 31.4 Å². The first-order valence-corrected chi connectivity index (χ1v) is 8.50. The van der Waals surface area contributed by atoms with Crippen molar-refractivity contribution in [3.63, 3.8) is 0 Å². The van der Waals surface area contributed by atoms with E-state index in [0.717, 1.165) is 52.1 Å². The number of likely N-dealkylation sites (tertiary alicyclic amines) is 1. The monoisotopic (exact) mass is 304 g/mol. The van der Waals surface area contributed by atoms with Gasteiger partial charge < -0.3 is 15.3 Å². The van der Waals surface area contributed by atoms with Crippen LogP contribution in [0.15, 0.2) is 24.5 Å². The fourth-order valence-electron chi connectivity index (χ4n) is 3.60. The summed E-state index contributed by atoms with van der Waals surface area (Å²) in [7, 11) is 0. The summed E-state index contributed by atoms with van der Waals surface area (Å²) in [6, 6.07) is 5.17. The fourth-order valence-corrected chi connectivity index (χ4v) is 3.60. The van der Waals surface area contributed by atoms with Crippen LogP contribution >= 0.6 is 0 Å². The molecule has 2 fully saturated rings. The number of aliphatic hydroxyl groups is 1. The van der Waals surface area contributed by atoms with Gasteiger partial charge in [0.15, 0.2) is 0 Å². The van der Waals surface area contributed by atoms with E-state index in [4.69, 9.17) is 0 Å². The third-order valence-corrected chi connectivity index (χ3v) is 4.90. The van der Waals surface area contributed by atoms with Crippen molar-refractivity contribution < 1.29 is 5.11 Å². The largest absolute Gasteiger partial charge is 0.393 e.